The van der Waals surface area contributed by atoms with Gasteiger partial charge in [0.15, 0.2) is 6.61 Å². The zero-order valence-corrected chi connectivity index (χ0v) is 16.1. The molecule has 3 aromatic rings. The molecule has 1 amide bonds. The standard InChI is InChI=1S/C23H23NO4/c1-14-7-8-15(2)20(11-14)24-22(25)13-27-16-9-10-18-17-5-3-4-6-19(17)23(26)28-21(18)12-16/h7-12H,3-6,13H2,1-2H3,(H,24,25). The fraction of sp³-hybridized carbons (Fsp3) is 0.304. The van der Waals surface area contributed by atoms with Crippen LogP contribution in [0.2, 0.25) is 0 Å². The zero-order valence-electron chi connectivity index (χ0n) is 16.1. The summed E-state index contributed by atoms with van der Waals surface area (Å²) in [6.07, 6.45) is 3.79. The Morgan fingerprint density at radius 3 is 2.68 bits per heavy atom. The molecule has 144 valence electrons. The Labute approximate surface area is 163 Å². The number of amides is 1. The van der Waals surface area contributed by atoms with Crippen LogP contribution in [-0.2, 0) is 17.6 Å². The summed E-state index contributed by atoms with van der Waals surface area (Å²) in [7, 11) is 0. The van der Waals surface area contributed by atoms with Gasteiger partial charge in [0.1, 0.15) is 11.3 Å². The number of carbonyl (C=O) groups is 1. The van der Waals surface area contributed by atoms with E-state index in [2.05, 4.69) is 5.32 Å². The van der Waals surface area contributed by atoms with Crippen LogP contribution in [0.25, 0.3) is 11.0 Å². The molecule has 0 radical (unpaired) electrons. The van der Waals surface area contributed by atoms with Gasteiger partial charge >= 0.3 is 5.63 Å². The predicted molar refractivity (Wildman–Crippen MR) is 109 cm³/mol. The Morgan fingerprint density at radius 1 is 1.07 bits per heavy atom. The quantitative estimate of drug-likeness (QED) is 0.688. The molecule has 28 heavy (non-hydrogen) atoms. The molecule has 0 bridgehead atoms. The number of benzene rings is 2. The van der Waals surface area contributed by atoms with Gasteiger partial charge in [-0.1, -0.05) is 12.1 Å². The number of fused-ring (bicyclic) bond motifs is 3. The smallest absolute Gasteiger partial charge is 0.339 e. The molecule has 0 aliphatic heterocycles. The first kappa shape index (κ1) is 18.3. The maximum Gasteiger partial charge on any atom is 0.339 e. The van der Waals surface area contributed by atoms with Crippen molar-refractivity contribution in [3.8, 4) is 5.75 Å². The average Bonchev–Trinajstić information content (AvgIpc) is 2.69. The summed E-state index contributed by atoms with van der Waals surface area (Å²) in [5, 5.41) is 3.83. The highest BCUT2D eigenvalue weighted by molar-refractivity contribution is 5.92. The molecule has 1 heterocycles. The average molecular weight is 377 g/mol. The first-order chi connectivity index (χ1) is 13.5. The van der Waals surface area contributed by atoms with E-state index in [0.29, 0.717) is 11.3 Å². The summed E-state index contributed by atoms with van der Waals surface area (Å²) in [6, 6.07) is 11.3. The lowest BCUT2D eigenvalue weighted by atomic mass is 9.91. The van der Waals surface area contributed by atoms with Crippen LogP contribution in [0.5, 0.6) is 5.75 Å². The largest absolute Gasteiger partial charge is 0.484 e. The minimum Gasteiger partial charge on any atom is -0.484 e. The van der Waals surface area contributed by atoms with Gasteiger partial charge in [0.25, 0.3) is 5.91 Å². The third-order valence-electron chi connectivity index (χ3n) is 5.23. The van der Waals surface area contributed by atoms with Crippen molar-refractivity contribution in [2.24, 2.45) is 0 Å². The normalized spacial score (nSPS) is 13.2. The molecule has 5 nitrogen and oxygen atoms in total. The molecular weight excluding hydrogens is 354 g/mol. The van der Waals surface area contributed by atoms with E-state index in [1.807, 2.05) is 44.2 Å². The molecule has 0 saturated heterocycles. The summed E-state index contributed by atoms with van der Waals surface area (Å²) >= 11 is 0. The Kier molecular flexibility index (Phi) is 4.90. The number of aryl methyl sites for hydroxylation is 3. The van der Waals surface area contributed by atoms with Crippen LogP contribution in [-0.4, -0.2) is 12.5 Å². The first-order valence-corrected chi connectivity index (χ1v) is 9.60. The van der Waals surface area contributed by atoms with Gasteiger partial charge in [-0.05, 0) is 74.4 Å². The van der Waals surface area contributed by atoms with Crippen molar-refractivity contribution in [2.75, 3.05) is 11.9 Å². The van der Waals surface area contributed by atoms with E-state index in [1.54, 1.807) is 6.07 Å². The molecule has 0 unspecified atom stereocenters. The van der Waals surface area contributed by atoms with Gasteiger partial charge in [-0.3, -0.25) is 4.79 Å². The number of hydrogen-bond donors (Lipinski definition) is 1. The van der Waals surface area contributed by atoms with Crippen molar-refractivity contribution >= 4 is 22.6 Å². The van der Waals surface area contributed by atoms with Crippen molar-refractivity contribution in [2.45, 2.75) is 39.5 Å². The topological polar surface area (TPSA) is 68.5 Å². The van der Waals surface area contributed by atoms with Gasteiger partial charge in [-0.2, -0.15) is 0 Å². The van der Waals surface area contributed by atoms with E-state index < -0.39 is 0 Å². The van der Waals surface area contributed by atoms with Gasteiger partial charge < -0.3 is 14.5 Å². The summed E-state index contributed by atoms with van der Waals surface area (Å²) in [6.45, 7) is 3.81. The van der Waals surface area contributed by atoms with Gasteiger partial charge in [0.2, 0.25) is 0 Å². The van der Waals surface area contributed by atoms with E-state index in [-0.39, 0.29) is 18.1 Å². The second-order valence-corrected chi connectivity index (χ2v) is 7.37. The molecule has 4 rings (SSSR count). The van der Waals surface area contributed by atoms with Crippen molar-refractivity contribution < 1.29 is 13.9 Å². The van der Waals surface area contributed by atoms with Gasteiger partial charge in [0.05, 0.1) is 0 Å². The molecule has 1 aliphatic rings. The van der Waals surface area contributed by atoms with Crippen LogP contribution in [0.3, 0.4) is 0 Å². The van der Waals surface area contributed by atoms with E-state index in [0.717, 1.165) is 59.0 Å². The molecule has 2 aromatic carbocycles. The lowest BCUT2D eigenvalue weighted by Gasteiger charge is -2.16. The van der Waals surface area contributed by atoms with Crippen LogP contribution in [0, 0.1) is 13.8 Å². The number of carbonyl (C=O) groups excluding carboxylic acids is 1. The molecule has 0 fully saturated rings. The Balaban J connectivity index is 1.50. The Bertz CT molecular complexity index is 1110. The third-order valence-corrected chi connectivity index (χ3v) is 5.23. The lowest BCUT2D eigenvalue weighted by Crippen LogP contribution is -2.20. The molecule has 1 aliphatic carbocycles. The monoisotopic (exact) mass is 377 g/mol. The number of hydrogen-bond acceptors (Lipinski definition) is 4. The second-order valence-electron chi connectivity index (χ2n) is 7.37. The number of anilines is 1. The zero-order chi connectivity index (χ0) is 19.7. The first-order valence-electron chi connectivity index (χ1n) is 9.60. The van der Waals surface area contributed by atoms with Crippen LogP contribution in [0.4, 0.5) is 5.69 Å². The molecule has 0 saturated carbocycles. The summed E-state index contributed by atoms with van der Waals surface area (Å²) in [5.41, 5.74) is 5.01. The highest BCUT2D eigenvalue weighted by Crippen LogP contribution is 2.29. The summed E-state index contributed by atoms with van der Waals surface area (Å²) < 4.78 is 11.1. The predicted octanol–water partition coefficient (Wildman–Crippen LogP) is 4.31. The summed E-state index contributed by atoms with van der Waals surface area (Å²) in [4.78, 5) is 24.5. The van der Waals surface area contributed by atoms with Gasteiger partial charge in [-0.15, -0.1) is 0 Å². The van der Waals surface area contributed by atoms with Gasteiger partial charge in [-0.25, -0.2) is 4.79 Å². The minimum absolute atomic E-state index is 0.117. The SMILES string of the molecule is Cc1ccc(C)c(NC(=O)COc2ccc3c4c(c(=O)oc3c2)CCCC4)c1. The lowest BCUT2D eigenvalue weighted by molar-refractivity contribution is -0.118. The van der Waals surface area contributed by atoms with Crippen molar-refractivity contribution in [3.63, 3.8) is 0 Å². The Morgan fingerprint density at radius 2 is 1.86 bits per heavy atom. The maximum atomic E-state index is 12.2. The molecule has 0 atom stereocenters. The van der Waals surface area contributed by atoms with Crippen molar-refractivity contribution in [1.82, 2.24) is 0 Å². The number of rotatable bonds is 4. The van der Waals surface area contributed by atoms with Crippen LogP contribution >= 0.6 is 0 Å². The molecular formula is C23H23NO4. The van der Waals surface area contributed by atoms with Gasteiger partial charge in [0, 0.05) is 22.7 Å². The van der Waals surface area contributed by atoms with E-state index in [4.69, 9.17) is 9.15 Å². The fourth-order valence-corrected chi connectivity index (χ4v) is 3.72. The second kappa shape index (κ2) is 7.50. The van der Waals surface area contributed by atoms with E-state index in [9.17, 15) is 9.59 Å². The third kappa shape index (κ3) is 3.65. The molecule has 1 N–H and O–H groups in total. The Hall–Kier alpha value is -3.08. The summed E-state index contributed by atoms with van der Waals surface area (Å²) in [5.74, 6) is 0.267. The van der Waals surface area contributed by atoms with Crippen molar-refractivity contribution in [1.29, 1.82) is 0 Å². The maximum absolute atomic E-state index is 12.2. The fourth-order valence-electron chi connectivity index (χ4n) is 3.72. The number of nitrogens with one attached hydrogen (secondary N) is 1. The highest BCUT2D eigenvalue weighted by Gasteiger charge is 2.18. The van der Waals surface area contributed by atoms with E-state index >= 15 is 0 Å². The van der Waals surface area contributed by atoms with Crippen LogP contribution < -0.4 is 15.7 Å². The molecule has 5 heteroatoms. The van der Waals surface area contributed by atoms with Crippen LogP contribution in [0.1, 0.15) is 35.1 Å². The molecule has 0 spiro atoms. The number of ether oxygens (including phenoxy) is 1. The molecule has 1 aromatic heterocycles. The highest BCUT2D eigenvalue weighted by atomic mass is 16.5. The van der Waals surface area contributed by atoms with E-state index in [1.165, 1.54) is 0 Å². The minimum atomic E-state index is -0.257. The van der Waals surface area contributed by atoms with Crippen molar-refractivity contribution in [3.05, 3.63) is 69.1 Å². The van der Waals surface area contributed by atoms with Crippen LogP contribution in [0.15, 0.2) is 45.6 Å².